The molecule has 2 aromatic carbocycles. The summed E-state index contributed by atoms with van der Waals surface area (Å²) in [6, 6.07) is 16.4. The summed E-state index contributed by atoms with van der Waals surface area (Å²) in [4.78, 5) is 23.8. The Morgan fingerprint density at radius 3 is 2.52 bits per heavy atom. The summed E-state index contributed by atoms with van der Waals surface area (Å²) in [5, 5.41) is 5.59. The van der Waals surface area contributed by atoms with Crippen LogP contribution in [0.25, 0.3) is 0 Å². The fourth-order valence-electron chi connectivity index (χ4n) is 2.65. The number of amides is 2. The van der Waals surface area contributed by atoms with Crippen LogP contribution < -0.4 is 20.1 Å². The molecule has 3 rings (SSSR count). The monoisotopic (exact) mass is 386 g/mol. The molecular formula is C20H22N2O4S. The maximum absolute atomic E-state index is 12.0. The van der Waals surface area contributed by atoms with Gasteiger partial charge in [-0.3, -0.25) is 9.59 Å². The summed E-state index contributed by atoms with van der Waals surface area (Å²) in [7, 11) is 1.64. The summed E-state index contributed by atoms with van der Waals surface area (Å²) in [6.45, 7) is -0.112. The highest BCUT2D eigenvalue weighted by Crippen LogP contribution is 2.20. The van der Waals surface area contributed by atoms with Crippen molar-refractivity contribution in [3.8, 4) is 11.5 Å². The van der Waals surface area contributed by atoms with Crippen LogP contribution in [0.1, 0.15) is 5.56 Å². The van der Waals surface area contributed by atoms with E-state index >= 15 is 0 Å². The Balaban J connectivity index is 1.39. The predicted octanol–water partition coefficient (Wildman–Crippen LogP) is 1.99. The van der Waals surface area contributed by atoms with Gasteiger partial charge in [0.05, 0.1) is 13.2 Å². The van der Waals surface area contributed by atoms with Gasteiger partial charge in [0.15, 0.2) is 6.61 Å². The average molecular weight is 386 g/mol. The van der Waals surface area contributed by atoms with Gasteiger partial charge in [-0.1, -0.05) is 30.3 Å². The molecule has 0 aliphatic carbocycles. The minimum Gasteiger partial charge on any atom is -0.497 e. The maximum atomic E-state index is 12.0. The normalized spacial score (nSPS) is 18.2. The van der Waals surface area contributed by atoms with Crippen LogP contribution in [0.15, 0.2) is 54.6 Å². The summed E-state index contributed by atoms with van der Waals surface area (Å²) < 4.78 is 10.6. The number of thioether (sulfide) groups is 1. The highest BCUT2D eigenvalue weighted by Gasteiger charge is 2.39. The average Bonchev–Trinajstić information content (AvgIpc) is 2.71. The second kappa shape index (κ2) is 9.32. The lowest BCUT2D eigenvalue weighted by Crippen LogP contribution is -2.70. The third-order valence-electron chi connectivity index (χ3n) is 4.17. The molecule has 0 bridgehead atoms. The fraction of sp³-hybridized carbons (Fsp3) is 0.300. The zero-order chi connectivity index (χ0) is 19.1. The first kappa shape index (κ1) is 19.1. The molecule has 0 radical (unpaired) electrons. The Labute approximate surface area is 162 Å². The summed E-state index contributed by atoms with van der Waals surface area (Å²) in [5.41, 5.74) is 1.18. The van der Waals surface area contributed by atoms with E-state index in [1.807, 2.05) is 42.5 Å². The molecule has 1 saturated heterocycles. The summed E-state index contributed by atoms with van der Waals surface area (Å²) in [6.07, 6.45) is 0. The third-order valence-corrected chi connectivity index (χ3v) is 5.30. The number of rotatable bonds is 9. The number of methoxy groups -OCH3 is 1. The molecule has 1 fully saturated rings. The Bertz CT molecular complexity index is 767. The van der Waals surface area contributed by atoms with E-state index in [1.165, 1.54) is 5.56 Å². The van der Waals surface area contributed by atoms with Crippen LogP contribution in [0.4, 0.5) is 0 Å². The van der Waals surface area contributed by atoms with Crippen molar-refractivity contribution in [3.63, 3.8) is 0 Å². The molecule has 6 nitrogen and oxygen atoms in total. The lowest BCUT2D eigenvalue weighted by atomic mass is 10.0. The molecule has 1 heterocycles. The Morgan fingerprint density at radius 1 is 1.11 bits per heavy atom. The molecule has 0 spiro atoms. The van der Waals surface area contributed by atoms with Gasteiger partial charge in [-0.05, 0) is 29.8 Å². The Hall–Kier alpha value is -2.67. The van der Waals surface area contributed by atoms with Crippen molar-refractivity contribution in [2.24, 2.45) is 0 Å². The first-order valence-electron chi connectivity index (χ1n) is 8.64. The molecule has 0 unspecified atom stereocenters. The van der Waals surface area contributed by atoms with Crippen molar-refractivity contribution in [2.75, 3.05) is 19.5 Å². The minimum absolute atomic E-state index is 0.0681. The second-order valence-electron chi connectivity index (χ2n) is 6.13. The Morgan fingerprint density at radius 2 is 1.85 bits per heavy atom. The number of carbonyl (C=O) groups excluding carboxylic acids is 2. The van der Waals surface area contributed by atoms with E-state index in [0.717, 1.165) is 17.3 Å². The van der Waals surface area contributed by atoms with Gasteiger partial charge in [-0.25, -0.2) is 0 Å². The van der Waals surface area contributed by atoms with Crippen LogP contribution >= 0.6 is 11.8 Å². The number of β-lactam (4-membered cyclic amide) rings is 1. The maximum Gasteiger partial charge on any atom is 0.258 e. The van der Waals surface area contributed by atoms with E-state index in [0.29, 0.717) is 5.75 Å². The standard InChI is InChI=1S/C20H22N2O4S/c1-25-15-9-7-14(8-10-15)12-27-13-17-19(20(24)21-17)22-18(23)11-26-16-5-3-2-4-6-16/h2-10,17,19H,11-13H2,1H3,(H,21,24)(H,22,23)/t17-,19+/m0/s1. The van der Waals surface area contributed by atoms with Crippen molar-refractivity contribution in [1.82, 2.24) is 10.6 Å². The van der Waals surface area contributed by atoms with Gasteiger partial charge in [-0.15, -0.1) is 0 Å². The fourth-order valence-corrected chi connectivity index (χ4v) is 3.73. The summed E-state index contributed by atoms with van der Waals surface area (Å²) >= 11 is 1.71. The molecule has 142 valence electrons. The van der Waals surface area contributed by atoms with Crippen LogP contribution in [0.3, 0.4) is 0 Å². The molecule has 7 heteroatoms. The second-order valence-corrected chi connectivity index (χ2v) is 7.16. The van der Waals surface area contributed by atoms with Crippen LogP contribution in [-0.4, -0.2) is 43.4 Å². The van der Waals surface area contributed by atoms with E-state index in [4.69, 9.17) is 9.47 Å². The number of nitrogens with one attached hydrogen (secondary N) is 2. The van der Waals surface area contributed by atoms with Crippen LogP contribution in [0, 0.1) is 0 Å². The van der Waals surface area contributed by atoms with Gasteiger partial charge in [0.25, 0.3) is 5.91 Å². The number of ether oxygens (including phenoxy) is 2. The molecule has 1 aliphatic rings. The highest BCUT2D eigenvalue weighted by molar-refractivity contribution is 7.98. The molecule has 2 aromatic rings. The number of carbonyl (C=O) groups is 2. The van der Waals surface area contributed by atoms with Crippen molar-refractivity contribution in [1.29, 1.82) is 0 Å². The number of hydrogen-bond acceptors (Lipinski definition) is 5. The van der Waals surface area contributed by atoms with Crippen molar-refractivity contribution < 1.29 is 19.1 Å². The first-order chi connectivity index (χ1) is 13.2. The lowest BCUT2D eigenvalue weighted by molar-refractivity contribution is -0.136. The first-order valence-corrected chi connectivity index (χ1v) is 9.79. The highest BCUT2D eigenvalue weighted by atomic mass is 32.2. The molecule has 1 aliphatic heterocycles. The van der Waals surface area contributed by atoms with Crippen LogP contribution in [-0.2, 0) is 15.3 Å². The molecule has 27 heavy (non-hydrogen) atoms. The summed E-state index contributed by atoms with van der Waals surface area (Å²) in [5.74, 6) is 2.55. The van der Waals surface area contributed by atoms with E-state index in [9.17, 15) is 9.59 Å². The zero-order valence-corrected chi connectivity index (χ0v) is 15.8. The van der Waals surface area contributed by atoms with Crippen LogP contribution in [0.5, 0.6) is 11.5 Å². The van der Waals surface area contributed by atoms with E-state index in [1.54, 1.807) is 31.0 Å². The SMILES string of the molecule is COc1ccc(CSC[C@@H]2NC(=O)[C@@H]2NC(=O)COc2ccccc2)cc1. The third kappa shape index (κ3) is 5.40. The predicted molar refractivity (Wildman–Crippen MR) is 105 cm³/mol. The van der Waals surface area contributed by atoms with E-state index in [-0.39, 0.29) is 24.5 Å². The Kier molecular flexibility index (Phi) is 6.59. The van der Waals surface area contributed by atoms with Gasteiger partial charge < -0.3 is 20.1 Å². The molecule has 0 aromatic heterocycles. The zero-order valence-electron chi connectivity index (χ0n) is 15.0. The van der Waals surface area contributed by atoms with Gasteiger partial charge >= 0.3 is 0 Å². The van der Waals surface area contributed by atoms with Gasteiger partial charge in [0, 0.05) is 11.5 Å². The van der Waals surface area contributed by atoms with Gasteiger partial charge in [0.2, 0.25) is 5.91 Å². The minimum atomic E-state index is -0.500. The lowest BCUT2D eigenvalue weighted by Gasteiger charge is -2.36. The smallest absolute Gasteiger partial charge is 0.258 e. The van der Waals surface area contributed by atoms with Crippen molar-refractivity contribution in [2.45, 2.75) is 17.8 Å². The topological polar surface area (TPSA) is 76.7 Å². The van der Waals surface area contributed by atoms with Crippen molar-refractivity contribution >= 4 is 23.6 Å². The van der Waals surface area contributed by atoms with Gasteiger partial charge in [0.1, 0.15) is 17.5 Å². The van der Waals surface area contributed by atoms with Gasteiger partial charge in [-0.2, -0.15) is 11.8 Å². The van der Waals surface area contributed by atoms with Crippen LogP contribution in [0.2, 0.25) is 0 Å². The van der Waals surface area contributed by atoms with E-state index < -0.39 is 6.04 Å². The number of benzene rings is 2. The molecule has 0 saturated carbocycles. The molecule has 2 amide bonds. The quantitative estimate of drug-likeness (QED) is 0.645. The van der Waals surface area contributed by atoms with Crippen molar-refractivity contribution in [3.05, 3.63) is 60.2 Å². The largest absolute Gasteiger partial charge is 0.497 e. The molecular weight excluding hydrogens is 364 g/mol. The molecule has 2 N–H and O–H groups in total. The number of para-hydroxylation sites is 1. The molecule has 2 atom stereocenters. The number of hydrogen-bond donors (Lipinski definition) is 2. The van der Waals surface area contributed by atoms with E-state index in [2.05, 4.69) is 10.6 Å².